The van der Waals surface area contributed by atoms with Crippen molar-refractivity contribution < 1.29 is 23.9 Å². The van der Waals surface area contributed by atoms with Crippen molar-refractivity contribution in [3.8, 4) is 11.3 Å². The first-order valence-electron chi connectivity index (χ1n) is 12.6. The largest absolute Gasteiger partial charge is 0.452 e. The van der Waals surface area contributed by atoms with Gasteiger partial charge in [0.05, 0.1) is 39.3 Å². The summed E-state index contributed by atoms with van der Waals surface area (Å²) in [6, 6.07) is 31.1. The van der Waals surface area contributed by atoms with E-state index in [1.54, 1.807) is 42.5 Å². The normalized spacial score (nSPS) is 10.5. The molecular formula is C32H24N4O5. The molecule has 0 aliphatic carbocycles. The predicted molar refractivity (Wildman–Crippen MR) is 155 cm³/mol. The fourth-order valence-electron chi connectivity index (χ4n) is 4.28. The van der Waals surface area contributed by atoms with Crippen molar-refractivity contribution >= 4 is 46.0 Å². The minimum Gasteiger partial charge on any atom is -0.452 e. The summed E-state index contributed by atoms with van der Waals surface area (Å²) in [4.78, 5) is 55.2. The summed E-state index contributed by atoms with van der Waals surface area (Å²) in [5.41, 5.74) is 8.46. The van der Waals surface area contributed by atoms with Crippen LogP contribution in [-0.4, -0.2) is 35.3 Å². The Morgan fingerprint density at radius 3 is 2.02 bits per heavy atom. The maximum absolute atomic E-state index is 13.5. The van der Waals surface area contributed by atoms with Gasteiger partial charge >= 0.3 is 5.97 Å². The third-order valence-electron chi connectivity index (χ3n) is 6.23. The highest BCUT2D eigenvalue weighted by atomic mass is 16.5. The Morgan fingerprint density at radius 2 is 1.29 bits per heavy atom. The van der Waals surface area contributed by atoms with E-state index in [1.807, 2.05) is 48.5 Å². The molecule has 0 saturated carbocycles. The van der Waals surface area contributed by atoms with Crippen LogP contribution in [0.5, 0.6) is 0 Å². The molecule has 0 aliphatic heterocycles. The lowest BCUT2D eigenvalue weighted by atomic mass is 10.0. The highest BCUT2D eigenvalue weighted by Crippen LogP contribution is 2.26. The standard InChI is InChI=1S/C32H24N4O5/c33-30(38)22-13-5-8-16-26(22)35-29(37)19-41-32(40)23-14-6-9-17-27(23)36-31(39)24-18-28(20-10-2-1-3-11-20)34-25-15-7-4-12-21(24)25/h1-18H,19H2,(H2,33,38)(H,35,37)(H,36,39). The number of nitrogens with two attached hydrogens (primary N) is 1. The summed E-state index contributed by atoms with van der Waals surface area (Å²) >= 11 is 0. The van der Waals surface area contributed by atoms with Crippen LogP contribution in [0.15, 0.2) is 109 Å². The second-order valence-electron chi connectivity index (χ2n) is 8.97. The van der Waals surface area contributed by atoms with Crippen LogP contribution >= 0.6 is 0 Å². The van der Waals surface area contributed by atoms with Gasteiger partial charge in [-0.1, -0.05) is 72.8 Å². The van der Waals surface area contributed by atoms with Crippen LogP contribution in [-0.2, 0) is 9.53 Å². The zero-order valence-electron chi connectivity index (χ0n) is 21.7. The summed E-state index contributed by atoms with van der Waals surface area (Å²) in [6.07, 6.45) is 0. The van der Waals surface area contributed by atoms with E-state index in [4.69, 9.17) is 15.5 Å². The van der Waals surface area contributed by atoms with Crippen LogP contribution in [0.2, 0.25) is 0 Å². The number of anilines is 2. The van der Waals surface area contributed by atoms with Crippen LogP contribution in [0.25, 0.3) is 22.2 Å². The number of primary amides is 1. The molecule has 9 heteroatoms. The molecule has 0 atom stereocenters. The Morgan fingerprint density at radius 1 is 0.683 bits per heavy atom. The van der Waals surface area contributed by atoms with E-state index in [9.17, 15) is 19.2 Å². The number of benzene rings is 4. The van der Waals surface area contributed by atoms with Crippen molar-refractivity contribution in [2.24, 2.45) is 5.73 Å². The number of aromatic nitrogens is 1. The van der Waals surface area contributed by atoms with Crippen molar-refractivity contribution in [3.63, 3.8) is 0 Å². The molecule has 1 heterocycles. The van der Waals surface area contributed by atoms with Crippen molar-refractivity contribution in [1.82, 2.24) is 4.98 Å². The molecule has 5 aromatic rings. The number of pyridine rings is 1. The number of rotatable bonds is 8. The van der Waals surface area contributed by atoms with E-state index in [0.717, 1.165) is 5.56 Å². The molecule has 0 bridgehead atoms. The molecule has 4 aromatic carbocycles. The Labute approximate surface area is 235 Å². The minimum atomic E-state index is -0.816. The molecule has 5 rings (SSSR count). The van der Waals surface area contributed by atoms with E-state index in [-0.39, 0.29) is 22.5 Å². The van der Waals surface area contributed by atoms with Gasteiger partial charge in [0, 0.05) is 10.9 Å². The maximum Gasteiger partial charge on any atom is 0.340 e. The zero-order chi connectivity index (χ0) is 28.8. The predicted octanol–water partition coefficient (Wildman–Crippen LogP) is 5.05. The van der Waals surface area contributed by atoms with Gasteiger partial charge in [-0.15, -0.1) is 0 Å². The molecule has 41 heavy (non-hydrogen) atoms. The van der Waals surface area contributed by atoms with Gasteiger partial charge in [-0.05, 0) is 36.4 Å². The zero-order valence-corrected chi connectivity index (χ0v) is 21.7. The topological polar surface area (TPSA) is 140 Å². The molecule has 9 nitrogen and oxygen atoms in total. The second-order valence-corrected chi connectivity index (χ2v) is 8.97. The number of carbonyl (C=O) groups is 4. The Hall–Kier alpha value is -5.83. The summed E-state index contributed by atoms with van der Waals surface area (Å²) in [7, 11) is 0. The Balaban J connectivity index is 1.34. The van der Waals surface area contributed by atoms with Crippen LogP contribution in [0.1, 0.15) is 31.1 Å². The molecule has 0 radical (unpaired) electrons. The van der Waals surface area contributed by atoms with Crippen LogP contribution in [0.4, 0.5) is 11.4 Å². The summed E-state index contributed by atoms with van der Waals surface area (Å²) in [6.45, 7) is -0.621. The van der Waals surface area contributed by atoms with Gasteiger partial charge in [0.15, 0.2) is 6.61 Å². The average molecular weight is 545 g/mol. The number of esters is 1. The van der Waals surface area contributed by atoms with Crippen LogP contribution in [0, 0.1) is 0 Å². The maximum atomic E-state index is 13.5. The van der Waals surface area contributed by atoms with Gasteiger partial charge in [0.25, 0.3) is 17.7 Å². The molecule has 0 fully saturated rings. The van der Waals surface area contributed by atoms with E-state index >= 15 is 0 Å². The molecule has 202 valence electrons. The highest BCUT2D eigenvalue weighted by Gasteiger charge is 2.19. The quantitative estimate of drug-likeness (QED) is 0.234. The van der Waals surface area contributed by atoms with E-state index < -0.39 is 30.3 Å². The number of ether oxygens (including phenoxy) is 1. The minimum absolute atomic E-state index is 0.0628. The van der Waals surface area contributed by atoms with Gasteiger partial charge in [-0.25, -0.2) is 9.78 Å². The first-order chi connectivity index (χ1) is 19.9. The SMILES string of the molecule is NC(=O)c1ccccc1NC(=O)COC(=O)c1ccccc1NC(=O)c1cc(-c2ccccc2)nc2ccccc12. The van der Waals surface area contributed by atoms with Crippen LogP contribution < -0.4 is 16.4 Å². The lowest BCUT2D eigenvalue weighted by molar-refractivity contribution is -0.119. The molecule has 0 unspecified atom stereocenters. The van der Waals surface area contributed by atoms with Crippen molar-refractivity contribution in [2.75, 3.05) is 17.2 Å². The lowest BCUT2D eigenvalue weighted by Crippen LogP contribution is -2.24. The van der Waals surface area contributed by atoms with Crippen molar-refractivity contribution in [2.45, 2.75) is 0 Å². The van der Waals surface area contributed by atoms with E-state index in [2.05, 4.69) is 10.6 Å². The number of para-hydroxylation sites is 3. The smallest absolute Gasteiger partial charge is 0.340 e. The lowest BCUT2D eigenvalue weighted by Gasteiger charge is -2.13. The second kappa shape index (κ2) is 11.9. The molecular weight excluding hydrogens is 520 g/mol. The number of nitrogens with zero attached hydrogens (tertiary/aromatic N) is 1. The van der Waals surface area contributed by atoms with E-state index in [1.165, 1.54) is 18.2 Å². The number of hydrogen-bond donors (Lipinski definition) is 3. The average Bonchev–Trinajstić information content (AvgIpc) is 3.00. The number of amides is 3. The van der Waals surface area contributed by atoms with Gasteiger partial charge in [0.2, 0.25) is 0 Å². The van der Waals surface area contributed by atoms with Crippen LogP contribution in [0.3, 0.4) is 0 Å². The van der Waals surface area contributed by atoms with Crippen molar-refractivity contribution in [3.05, 3.63) is 126 Å². The van der Waals surface area contributed by atoms with Gasteiger partial charge < -0.3 is 21.1 Å². The Kier molecular flexibility index (Phi) is 7.78. The number of hydrogen-bond acceptors (Lipinski definition) is 6. The summed E-state index contributed by atoms with van der Waals surface area (Å²) < 4.78 is 5.21. The number of fused-ring (bicyclic) bond motifs is 1. The monoisotopic (exact) mass is 544 g/mol. The summed E-state index contributed by atoms with van der Waals surface area (Å²) in [5, 5.41) is 5.97. The molecule has 3 amide bonds. The fraction of sp³-hybridized carbons (Fsp3) is 0.0312. The Bertz CT molecular complexity index is 1790. The van der Waals surface area contributed by atoms with Crippen molar-refractivity contribution in [1.29, 1.82) is 0 Å². The van der Waals surface area contributed by atoms with E-state index in [0.29, 0.717) is 22.2 Å². The first kappa shape index (κ1) is 26.8. The van der Waals surface area contributed by atoms with Gasteiger partial charge in [-0.3, -0.25) is 14.4 Å². The van der Waals surface area contributed by atoms with Gasteiger partial charge in [0.1, 0.15) is 0 Å². The fourth-order valence-corrected chi connectivity index (χ4v) is 4.28. The van der Waals surface area contributed by atoms with Gasteiger partial charge in [-0.2, -0.15) is 0 Å². The highest BCUT2D eigenvalue weighted by molar-refractivity contribution is 6.14. The molecule has 4 N–H and O–H groups in total. The summed E-state index contributed by atoms with van der Waals surface area (Å²) in [5.74, 6) is -2.63. The molecule has 0 aliphatic rings. The number of carbonyl (C=O) groups excluding carboxylic acids is 4. The number of nitrogens with one attached hydrogen (secondary N) is 2. The molecule has 0 spiro atoms. The molecule has 1 aromatic heterocycles. The third kappa shape index (κ3) is 6.10. The third-order valence-corrected chi connectivity index (χ3v) is 6.23. The molecule has 0 saturated heterocycles. The first-order valence-corrected chi connectivity index (χ1v) is 12.6.